The van der Waals surface area contributed by atoms with Gasteiger partial charge in [0, 0.05) is 5.69 Å². The molecule has 0 atom stereocenters. The number of rotatable bonds is 4. The maximum atomic E-state index is 12.2. The van der Waals surface area contributed by atoms with Crippen molar-refractivity contribution in [2.45, 2.75) is 6.92 Å². The molecule has 0 fully saturated rings. The standard InChI is InChI=1S/C20H16ClNO2/c1-14-6-2-5-9-19(14)24-16-12-10-15(11-13-16)22-20(23)17-7-3-4-8-18(17)21/h2-13H,1H3,(H,22,23). The number of anilines is 1. The van der Waals surface area contributed by atoms with Crippen LogP contribution in [-0.4, -0.2) is 5.91 Å². The molecule has 3 rings (SSSR count). The topological polar surface area (TPSA) is 38.3 Å². The molecule has 1 N–H and O–H groups in total. The average molecular weight is 338 g/mol. The van der Waals surface area contributed by atoms with Crippen molar-refractivity contribution in [1.29, 1.82) is 0 Å². The molecule has 3 nitrogen and oxygen atoms in total. The quantitative estimate of drug-likeness (QED) is 0.663. The second-order valence-corrected chi connectivity index (χ2v) is 5.73. The van der Waals surface area contributed by atoms with E-state index in [4.69, 9.17) is 16.3 Å². The van der Waals surface area contributed by atoms with Gasteiger partial charge in [-0.2, -0.15) is 0 Å². The summed E-state index contributed by atoms with van der Waals surface area (Å²) in [4.78, 5) is 12.2. The summed E-state index contributed by atoms with van der Waals surface area (Å²) in [5, 5.41) is 3.25. The number of hydrogen-bond donors (Lipinski definition) is 1. The minimum atomic E-state index is -0.242. The van der Waals surface area contributed by atoms with Crippen LogP contribution < -0.4 is 10.1 Å². The van der Waals surface area contributed by atoms with Crippen molar-refractivity contribution in [2.75, 3.05) is 5.32 Å². The normalized spacial score (nSPS) is 10.2. The van der Waals surface area contributed by atoms with Gasteiger partial charge in [-0.3, -0.25) is 4.79 Å². The van der Waals surface area contributed by atoms with E-state index < -0.39 is 0 Å². The molecule has 0 aliphatic heterocycles. The van der Waals surface area contributed by atoms with Crippen molar-refractivity contribution in [3.63, 3.8) is 0 Å². The van der Waals surface area contributed by atoms with Gasteiger partial charge in [0.2, 0.25) is 0 Å². The Bertz CT molecular complexity index is 860. The summed E-state index contributed by atoms with van der Waals surface area (Å²) in [6.07, 6.45) is 0. The summed E-state index contributed by atoms with van der Waals surface area (Å²) in [5.74, 6) is 1.28. The molecule has 24 heavy (non-hydrogen) atoms. The second-order valence-electron chi connectivity index (χ2n) is 5.33. The Balaban J connectivity index is 1.70. The molecule has 3 aromatic rings. The van der Waals surface area contributed by atoms with E-state index in [0.29, 0.717) is 22.0 Å². The highest BCUT2D eigenvalue weighted by molar-refractivity contribution is 6.34. The van der Waals surface area contributed by atoms with Crippen molar-refractivity contribution >= 4 is 23.2 Å². The van der Waals surface area contributed by atoms with E-state index in [-0.39, 0.29) is 5.91 Å². The number of ether oxygens (including phenoxy) is 1. The Labute approximate surface area is 145 Å². The van der Waals surface area contributed by atoms with Gasteiger partial charge < -0.3 is 10.1 Å². The van der Waals surface area contributed by atoms with E-state index in [1.807, 2.05) is 43.3 Å². The first-order valence-corrected chi connectivity index (χ1v) is 7.91. The highest BCUT2D eigenvalue weighted by Gasteiger charge is 2.09. The van der Waals surface area contributed by atoms with Gasteiger partial charge in [-0.05, 0) is 55.0 Å². The lowest BCUT2D eigenvalue weighted by atomic mass is 10.2. The largest absolute Gasteiger partial charge is 0.457 e. The zero-order valence-electron chi connectivity index (χ0n) is 13.1. The summed E-state index contributed by atoms with van der Waals surface area (Å²) in [5.41, 5.74) is 2.19. The highest BCUT2D eigenvalue weighted by Crippen LogP contribution is 2.26. The van der Waals surface area contributed by atoms with Crippen LogP contribution in [0.5, 0.6) is 11.5 Å². The lowest BCUT2D eigenvalue weighted by molar-refractivity contribution is 0.102. The van der Waals surface area contributed by atoms with Gasteiger partial charge in [-0.25, -0.2) is 0 Å². The number of nitrogens with one attached hydrogen (secondary N) is 1. The molecule has 0 heterocycles. The third kappa shape index (κ3) is 3.76. The van der Waals surface area contributed by atoms with Crippen LogP contribution in [0.15, 0.2) is 72.8 Å². The van der Waals surface area contributed by atoms with Crippen LogP contribution in [0.25, 0.3) is 0 Å². The molecule has 0 aliphatic rings. The molecule has 0 aliphatic carbocycles. The van der Waals surface area contributed by atoms with Crippen molar-refractivity contribution in [3.8, 4) is 11.5 Å². The summed E-state index contributed by atoms with van der Waals surface area (Å²) < 4.78 is 5.84. The number of para-hydroxylation sites is 1. The summed E-state index contributed by atoms with van der Waals surface area (Å²) >= 11 is 6.03. The predicted octanol–water partition coefficient (Wildman–Crippen LogP) is 5.69. The Morgan fingerprint density at radius 1 is 0.917 bits per heavy atom. The fraction of sp³-hybridized carbons (Fsp3) is 0.0500. The number of benzene rings is 3. The molecule has 0 saturated carbocycles. The van der Waals surface area contributed by atoms with Crippen LogP contribution in [0.1, 0.15) is 15.9 Å². The van der Waals surface area contributed by atoms with Crippen LogP contribution in [-0.2, 0) is 0 Å². The molecular formula is C20H16ClNO2. The lowest BCUT2D eigenvalue weighted by Crippen LogP contribution is -2.12. The van der Waals surface area contributed by atoms with Gasteiger partial charge >= 0.3 is 0 Å². The molecule has 0 saturated heterocycles. The SMILES string of the molecule is Cc1ccccc1Oc1ccc(NC(=O)c2ccccc2Cl)cc1. The minimum absolute atomic E-state index is 0.242. The predicted molar refractivity (Wildman–Crippen MR) is 97.1 cm³/mol. The molecule has 4 heteroatoms. The van der Waals surface area contributed by atoms with Crippen LogP contribution in [0.4, 0.5) is 5.69 Å². The van der Waals surface area contributed by atoms with E-state index in [0.717, 1.165) is 11.3 Å². The first-order valence-electron chi connectivity index (χ1n) is 7.53. The molecule has 120 valence electrons. The van der Waals surface area contributed by atoms with Gasteiger partial charge in [-0.15, -0.1) is 0 Å². The van der Waals surface area contributed by atoms with Crippen molar-refractivity contribution in [2.24, 2.45) is 0 Å². The lowest BCUT2D eigenvalue weighted by Gasteiger charge is -2.10. The molecule has 0 radical (unpaired) electrons. The van der Waals surface area contributed by atoms with Gasteiger partial charge in [-0.1, -0.05) is 41.9 Å². The van der Waals surface area contributed by atoms with Crippen molar-refractivity contribution in [3.05, 3.63) is 88.9 Å². The number of carbonyl (C=O) groups is 1. The summed E-state index contributed by atoms with van der Waals surface area (Å²) in [7, 11) is 0. The molecule has 3 aromatic carbocycles. The molecular weight excluding hydrogens is 322 g/mol. The van der Waals surface area contributed by atoms with E-state index >= 15 is 0 Å². The Morgan fingerprint density at radius 3 is 2.29 bits per heavy atom. The fourth-order valence-corrected chi connectivity index (χ4v) is 2.47. The fourth-order valence-electron chi connectivity index (χ4n) is 2.25. The van der Waals surface area contributed by atoms with E-state index in [9.17, 15) is 4.79 Å². The average Bonchev–Trinajstić information content (AvgIpc) is 2.59. The number of aryl methyl sites for hydroxylation is 1. The molecule has 1 amide bonds. The second kappa shape index (κ2) is 7.20. The third-order valence-corrected chi connectivity index (χ3v) is 3.88. The van der Waals surface area contributed by atoms with Crippen molar-refractivity contribution < 1.29 is 9.53 Å². The van der Waals surface area contributed by atoms with Crippen molar-refractivity contribution in [1.82, 2.24) is 0 Å². The molecule has 0 spiro atoms. The zero-order chi connectivity index (χ0) is 16.9. The van der Waals surface area contributed by atoms with E-state index in [1.165, 1.54) is 0 Å². The van der Waals surface area contributed by atoms with E-state index in [2.05, 4.69) is 5.32 Å². The van der Waals surface area contributed by atoms with Crippen LogP contribution in [0.3, 0.4) is 0 Å². The summed E-state index contributed by atoms with van der Waals surface area (Å²) in [6, 6.07) is 22.0. The summed E-state index contributed by atoms with van der Waals surface area (Å²) in [6.45, 7) is 1.99. The Kier molecular flexibility index (Phi) is 4.82. The maximum Gasteiger partial charge on any atom is 0.257 e. The number of halogens is 1. The minimum Gasteiger partial charge on any atom is -0.457 e. The Morgan fingerprint density at radius 2 is 1.58 bits per heavy atom. The van der Waals surface area contributed by atoms with Crippen LogP contribution in [0, 0.1) is 6.92 Å². The number of hydrogen-bond acceptors (Lipinski definition) is 2. The van der Waals surface area contributed by atoms with Crippen LogP contribution >= 0.6 is 11.6 Å². The first kappa shape index (κ1) is 16.1. The van der Waals surface area contributed by atoms with Gasteiger partial charge in [0.1, 0.15) is 11.5 Å². The number of carbonyl (C=O) groups excluding carboxylic acids is 1. The Hall–Kier alpha value is -2.78. The third-order valence-electron chi connectivity index (χ3n) is 3.55. The van der Waals surface area contributed by atoms with E-state index in [1.54, 1.807) is 36.4 Å². The molecule has 0 aromatic heterocycles. The van der Waals surface area contributed by atoms with Crippen LogP contribution in [0.2, 0.25) is 5.02 Å². The highest BCUT2D eigenvalue weighted by atomic mass is 35.5. The van der Waals surface area contributed by atoms with Gasteiger partial charge in [0.05, 0.1) is 10.6 Å². The smallest absolute Gasteiger partial charge is 0.257 e. The molecule has 0 bridgehead atoms. The van der Waals surface area contributed by atoms with Gasteiger partial charge in [0.25, 0.3) is 5.91 Å². The maximum absolute atomic E-state index is 12.2. The molecule has 0 unspecified atom stereocenters. The first-order chi connectivity index (χ1) is 11.6. The zero-order valence-corrected chi connectivity index (χ0v) is 13.9. The monoisotopic (exact) mass is 337 g/mol. The number of amides is 1. The van der Waals surface area contributed by atoms with Gasteiger partial charge in [0.15, 0.2) is 0 Å².